The maximum absolute atomic E-state index is 5.74. The van der Waals surface area contributed by atoms with E-state index >= 15 is 0 Å². The van der Waals surface area contributed by atoms with Crippen molar-refractivity contribution in [2.45, 2.75) is 25.9 Å². The van der Waals surface area contributed by atoms with Gasteiger partial charge in [-0.1, -0.05) is 12.1 Å². The van der Waals surface area contributed by atoms with Gasteiger partial charge in [0.2, 0.25) is 5.95 Å². The van der Waals surface area contributed by atoms with Crippen molar-refractivity contribution in [1.82, 2.24) is 9.97 Å². The van der Waals surface area contributed by atoms with Crippen molar-refractivity contribution < 1.29 is 9.64 Å². The zero-order valence-corrected chi connectivity index (χ0v) is 15.0. The average molecular weight is 342 g/mol. The Labute approximate surface area is 149 Å². The van der Waals surface area contributed by atoms with E-state index in [-0.39, 0.29) is 0 Å². The molecule has 1 atom stereocenters. The Balaban J connectivity index is 1.57. The highest BCUT2D eigenvalue weighted by atomic mass is 16.5. The van der Waals surface area contributed by atoms with Crippen LogP contribution in [0.25, 0.3) is 10.9 Å². The number of ether oxygens (including phenoxy) is 1. The molecule has 2 saturated heterocycles. The lowest BCUT2D eigenvalue weighted by molar-refractivity contribution is -0.898. The molecule has 1 aromatic heterocycles. The van der Waals surface area contributed by atoms with Crippen molar-refractivity contribution in [3.05, 3.63) is 24.3 Å². The summed E-state index contributed by atoms with van der Waals surface area (Å²) in [7, 11) is 0. The number of fused-ring (bicyclic) bond motifs is 1. The molecule has 0 amide bonds. The zero-order valence-electron chi connectivity index (χ0n) is 15.0. The molecule has 0 spiro atoms. The summed E-state index contributed by atoms with van der Waals surface area (Å²) in [5, 5.41) is 4.61. The SMILES string of the molecule is CC[NH+]1CCN(c2nc(NC[C@@H]3CCCO3)c3ccccc3n2)CC1. The Bertz CT molecular complexity index is 708. The van der Waals surface area contributed by atoms with Gasteiger partial charge >= 0.3 is 0 Å². The zero-order chi connectivity index (χ0) is 17.1. The van der Waals surface area contributed by atoms with E-state index in [1.807, 2.05) is 12.1 Å². The number of piperazine rings is 1. The summed E-state index contributed by atoms with van der Waals surface area (Å²) in [6.45, 7) is 9.50. The molecular weight excluding hydrogens is 314 g/mol. The number of benzene rings is 1. The number of likely N-dealkylation sites (N-methyl/N-ethyl adjacent to an activating group) is 1. The van der Waals surface area contributed by atoms with Crippen molar-refractivity contribution in [3.8, 4) is 0 Å². The van der Waals surface area contributed by atoms with E-state index in [1.165, 1.54) is 6.54 Å². The summed E-state index contributed by atoms with van der Waals surface area (Å²) in [6, 6.07) is 8.26. The summed E-state index contributed by atoms with van der Waals surface area (Å²) >= 11 is 0. The van der Waals surface area contributed by atoms with E-state index in [0.717, 1.165) is 74.8 Å². The molecule has 0 unspecified atom stereocenters. The molecule has 2 fully saturated rings. The van der Waals surface area contributed by atoms with E-state index in [9.17, 15) is 0 Å². The van der Waals surface area contributed by atoms with Gasteiger partial charge in [0.25, 0.3) is 0 Å². The predicted octanol–water partition coefficient (Wildman–Crippen LogP) is 0.946. The van der Waals surface area contributed by atoms with Gasteiger partial charge in [0.1, 0.15) is 5.82 Å². The van der Waals surface area contributed by atoms with Crippen molar-refractivity contribution in [2.75, 3.05) is 56.1 Å². The smallest absolute Gasteiger partial charge is 0.228 e. The van der Waals surface area contributed by atoms with Crippen LogP contribution in [-0.4, -0.2) is 61.9 Å². The van der Waals surface area contributed by atoms with Crippen LogP contribution in [0.2, 0.25) is 0 Å². The molecule has 0 aliphatic carbocycles. The van der Waals surface area contributed by atoms with Gasteiger partial charge in [0, 0.05) is 18.5 Å². The summed E-state index contributed by atoms with van der Waals surface area (Å²) < 4.78 is 5.74. The maximum Gasteiger partial charge on any atom is 0.228 e. The molecule has 6 nitrogen and oxygen atoms in total. The Morgan fingerprint density at radius 1 is 1.24 bits per heavy atom. The molecule has 2 aromatic rings. The Hall–Kier alpha value is -1.92. The number of quaternary nitrogens is 1. The van der Waals surface area contributed by atoms with Gasteiger partial charge in [-0.2, -0.15) is 4.98 Å². The number of para-hydroxylation sites is 1. The van der Waals surface area contributed by atoms with Crippen molar-refractivity contribution >= 4 is 22.7 Å². The first kappa shape index (κ1) is 16.5. The van der Waals surface area contributed by atoms with Crippen molar-refractivity contribution in [1.29, 1.82) is 0 Å². The third kappa shape index (κ3) is 3.70. The molecule has 0 bridgehead atoms. The van der Waals surface area contributed by atoms with Crippen LogP contribution in [0.15, 0.2) is 24.3 Å². The number of rotatable bonds is 5. The number of aromatic nitrogens is 2. The van der Waals surface area contributed by atoms with Gasteiger partial charge < -0.3 is 19.9 Å². The number of hydrogen-bond donors (Lipinski definition) is 2. The van der Waals surface area contributed by atoms with Crippen LogP contribution in [0, 0.1) is 0 Å². The minimum Gasteiger partial charge on any atom is -0.376 e. The molecule has 4 rings (SSSR count). The second kappa shape index (κ2) is 7.54. The summed E-state index contributed by atoms with van der Waals surface area (Å²) in [6.07, 6.45) is 2.59. The molecular formula is C19H28N5O+. The highest BCUT2D eigenvalue weighted by molar-refractivity contribution is 5.90. The van der Waals surface area contributed by atoms with Crippen LogP contribution in [-0.2, 0) is 4.74 Å². The molecule has 1 aromatic carbocycles. The lowest BCUT2D eigenvalue weighted by Crippen LogP contribution is -3.14. The summed E-state index contributed by atoms with van der Waals surface area (Å²) in [5.74, 6) is 1.78. The Morgan fingerprint density at radius 2 is 2.08 bits per heavy atom. The number of nitrogens with zero attached hydrogens (tertiary/aromatic N) is 3. The van der Waals surface area contributed by atoms with Crippen molar-refractivity contribution in [3.63, 3.8) is 0 Å². The lowest BCUT2D eigenvalue weighted by Gasteiger charge is -2.31. The first-order chi connectivity index (χ1) is 12.3. The molecule has 0 radical (unpaired) electrons. The minimum atomic E-state index is 0.300. The highest BCUT2D eigenvalue weighted by Crippen LogP contribution is 2.24. The van der Waals surface area contributed by atoms with Gasteiger partial charge in [0.05, 0.1) is 44.3 Å². The molecule has 2 aliphatic heterocycles. The van der Waals surface area contributed by atoms with Crippen LogP contribution in [0.4, 0.5) is 11.8 Å². The molecule has 25 heavy (non-hydrogen) atoms. The largest absolute Gasteiger partial charge is 0.376 e. The van der Waals surface area contributed by atoms with Gasteiger partial charge in [0.15, 0.2) is 0 Å². The fourth-order valence-electron chi connectivity index (χ4n) is 3.73. The number of nitrogens with one attached hydrogen (secondary N) is 2. The van der Waals surface area contributed by atoms with E-state index in [0.29, 0.717) is 6.10 Å². The lowest BCUT2D eigenvalue weighted by atomic mass is 10.2. The fraction of sp³-hybridized carbons (Fsp3) is 0.579. The van der Waals surface area contributed by atoms with E-state index in [1.54, 1.807) is 4.90 Å². The van der Waals surface area contributed by atoms with Crippen LogP contribution >= 0.6 is 0 Å². The molecule has 3 heterocycles. The quantitative estimate of drug-likeness (QED) is 0.847. The first-order valence-electron chi connectivity index (χ1n) is 9.54. The predicted molar refractivity (Wildman–Crippen MR) is 100 cm³/mol. The molecule has 2 N–H and O–H groups in total. The third-order valence-electron chi connectivity index (χ3n) is 5.37. The standard InChI is InChI=1S/C19H27N5O/c1-2-23-9-11-24(12-10-23)19-21-17-8-4-3-7-16(17)18(22-19)20-14-15-6-5-13-25-15/h3-4,7-8,15H,2,5-6,9-14H2,1H3,(H,20,21,22)/p+1/t15-/m0/s1. The van der Waals surface area contributed by atoms with Crippen LogP contribution in [0.3, 0.4) is 0 Å². The third-order valence-corrected chi connectivity index (χ3v) is 5.37. The maximum atomic E-state index is 5.74. The second-order valence-corrected chi connectivity index (χ2v) is 7.00. The Morgan fingerprint density at radius 3 is 2.84 bits per heavy atom. The van der Waals surface area contributed by atoms with E-state index in [2.05, 4.69) is 29.3 Å². The molecule has 6 heteroatoms. The minimum absolute atomic E-state index is 0.300. The second-order valence-electron chi connectivity index (χ2n) is 7.00. The molecule has 134 valence electrons. The Kier molecular flexibility index (Phi) is 4.99. The fourth-order valence-corrected chi connectivity index (χ4v) is 3.73. The number of anilines is 2. The summed E-state index contributed by atoms with van der Waals surface area (Å²) in [4.78, 5) is 13.7. The topological polar surface area (TPSA) is 54.7 Å². The highest BCUT2D eigenvalue weighted by Gasteiger charge is 2.22. The van der Waals surface area contributed by atoms with Crippen LogP contribution < -0.4 is 15.1 Å². The van der Waals surface area contributed by atoms with Crippen LogP contribution in [0.5, 0.6) is 0 Å². The summed E-state index contributed by atoms with van der Waals surface area (Å²) in [5.41, 5.74) is 1.01. The monoisotopic (exact) mass is 342 g/mol. The van der Waals surface area contributed by atoms with Gasteiger partial charge in [-0.25, -0.2) is 4.98 Å². The normalized spacial score (nSPS) is 21.8. The van der Waals surface area contributed by atoms with Gasteiger partial charge in [-0.3, -0.25) is 0 Å². The molecule has 0 saturated carbocycles. The van der Waals surface area contributed by atoms with E-state index < -0.39 is 0 Å². The van der Waals surface area contributed by atoms with E-state index in [4.69, 9.17) is 14.7 Å². The first-order valence-corrected chi connectivity index (χ1v) is 9.54. The van der Waals surface area contributed by atoms with Crippen molar-refractivity contribution in [2.24, 2.45) is 0 Å². The average Bonchev–Trinajstić information content (AvgIpc) is 3.19. The van der Waals surface area contributed by atoms with Gasteiger partial charge in [-0.15, -0.1) is 0 Å². The molecule has 2 aliphatic rings. The number of hydrogen-bond acceptors (Lipinski definition) is 5. The van der Waals surface area contributed by atoms with Gasteiger partial charge in [-0.05, 0) is 31.9 Å². The van der Waals surface area contributed by atoms with Crippen LogP contribution in [0.1, 0.15) is 19.8 Å².